The van der Waals surface area contributed by atoms with E-state index in [1.54, 1.807) is 0 Å². The molecule has 4 heteroatoms. The predicted molar refractivity (Wildman–Crippen MR) is 82.9 cm³/mol. The van der Waals surface area contributed by atoms with Crippen LogP contribution in [0.15, 0.2) is 24.3 Å². The Labute approximate surface area is 120 Å². The largest absolute Gasteiger partial charge is 0.494 e. The van der Waals surface area contributed by atoms with Crippen molar-refractivity contribution in [2.75, 3.05) is 12.3 Å². The maximum absolute atomic E-state index is 6.05. The topological polar surface area (TPSA) is 63.9 Å². The van der Waals surface area contributed by atoms with Crippen LogP contribution in [0.2, 0.25) is 0 Å². The highest BCUT2D eigenvalue weighted by atomic mass is 16.5. The first-order valence-corrected chi connectivity index (χ1v) is 7.07. The van der Waals surface area contributed by atoms with E-state index in [1.165, 1.54) is 0 Å². The zero-order chi connectivity index (χ0) is 14.8. The van der Waals surface area contributed by atoms with Gasteiger partial charge in [-0.05, 0) is 31.0 Å². The Balaban J connectivity index is 2.44. The summed E-state index contributed by atoms with van der Waals surface area (Å²) in [7, 11) is 0. The van der Waals surface area contributed by atoms with Gasteiger partial charge in [-0.3, -0.25) is 5.10 Å². The van der Waals surface area contributed by atoms with Gasteiger partial charge in [0.15, 0.2) is 5.82 Å². The lowest BCUT2D eigenvalue weighted by Gasteiger charge is -2.22. The van der Waals surface area contributed by atoms with E-state index >= 15 is 0 Å². The molecule has 0 spiro atoms. The first-order chi connectivity index (χ1) is 9.49. The summed E-state index contributed by atoms with van der Waals surface area (Å²) in [6, 6.07) is 7.99. The second kappa shape index (κ2) is 5.57. The molecule has 0 fully saturated rings. The van der Waals surface area contributed by atoms with E-state index in [0.29, 0.717) is 12.4 Å². The Morgan fingerprint density at radius 3 is 2.40 bits per heavy atom. The highest BCUT2D eigenvalue weighted by Crippen LogP contribution is 2.37. The van der Waals surface area contributed by atoms with Crippen molar-refractivity contribution in [3.8, 4) is 16.9 Å². The molecule has 4 nitrogen and oxygen atoms in total. The van der Waals surface area contributed by atoms with Crippen molar-refractivity contribution >= 4 is 5.82 Å². The molecule has 0 aliphatic rings. The Kier molecular flexibility index (Phi) is 4.02. The number of nitrogens with two attached hydrogens (primary N) is 1. The molecule has 2 aromatic rings. The van der Waals surface area contributed by atoms with Gasteiger partial charge in [0.05, 0.1) is 12.3 Å². The van der Waals surface area contributed by atoms with Crippen molar-refractivity contribution in [3.63, 3.8) is 0 Å². The van der Waals surface area contributed by atoms with Crippen LogP contribution in [0.4, 0.5) is 5.82 Å². The molecular formula is C16H23N3O. The molecular weight excluding hydrogens is 250 g/mol. The number of ether oxygens (including phenoxy) is 1. The summed E-state index contributed by atoms with van der Waals surface area (Å²) in [5.74, 6) is 1.42. The number of rotatable bonds is 5. The molecule has 1 heterocycles. The van der Waals surface area contributed by atoms with E-state index < -0.39 is 0 Å². The summed E-state index contributed by atoms with van der Waals surface area (Å²) >= 11 is 0. The second-order valence-corrected chi connectivity index (χ2v) is 5.55. The van der Waals surface area contributed by atoms with Gasteiger partial charge in [-0.15, -0.1) is 0 Å². The van der Waals surface area contributed by atoms with Crippen LogP contribution in [-0.4, -0.2) is 16.8 Å². The van der Waals surface area contributed by atoms with E-state index in [-0.39, 0.29) is 5.41 Å². The van der Waals surface area contributed by atoms with Crippen LogP contribution in [0.3, 0.4) is 0 Å². The average Bonchev–Trinajstić information content (AvgIpc) is 2.83. The van der Waals surface area contributed by atoms with Crippen molar-refractivity contribution in [2.24, 2.45) is 0 Å². The monoisotopic (exact) mass is 273 g/mol. The zero-order valence-corrected chi connectivity index (χ0v) is 12.7. The van der Waals surface area contributed by atoms with Crippen LogP contribution < -0.4 is 10.5 Å². The van der Waals surface area contributed by atoms with Gasteiger partial charge in [-0.1, -0.05) is 32.9 Å². The molecule has 0 radical (unpaired) electrons. The van der Waals surface area contributed by atoms with Crippen LogP contribution in [0.25, 0.3) is 11.1 Å². The highest BCUT2D eigenvalue weighted by Gasteiger charge is 2.26. The number of aromatic nitrogens is 2. The normalized spacial score (nSPS) is 11.6. The Morgan fingerprint density at radius 1 is 1.20 bits per heavy atom. The van der Waals surface area contributed by atoms with Gasteiger partial charge in [0, 0.05) is 11.0 Å². The fraction of sp³-hybridized carbons (Fsp3) is 0.438. The second-order valence-electron chi connectivity index (χ2n) is 5.55. The Bertz CT molecular complexity index is 570. The van der Waals surface area contributed by atoms with E-state index in [1.807, 2.05) is 31.2 Å². The van der Waals surface area contributed by atoms with Crippen molar-refractivity contribution in [1.29, 1.82) is 0 Å². The van der Waals surface area contributed by atoms with Gasteiger partial charge in [-0.25, -0.2) is 0 Å². The van der Waals surface area contributed by atoms with Gasteiger partial charge in [0.1, 0.15) is 5.75 Å². The van der Waals surface area contributed by atoms with Crippen molar-refractivity contribution in [3.05, 3.63) is 30.0 Å². The summed E-state index contributed by atoms with van der Waals surface area (Å²) in [5.41, 5.74) is 9.21. The van der Waals surface area contributed by atoms with Gasteiger partial charge < -0.3 is 10.5 Å². The summed E-state index contributed by atoms with van der Waals surface area (Å²) < 4.78 is 5.47. The summed E-state index contributed by atoms with van der Waals surface area (Å²) in [6.45, 7) is 9.19. The average molecular weight is 273 g/mol. The number of hydrogen-bond donors (Lipinski definition) is 2. The molecule has 2 rings (SSSR count). The van der Waals surface area contributed by atoms with Crippen molar-refractivity contribution < 1.29 is 4.74 Å². The lowest BCUT2D eigenvalue weighted by Crippen LogP contribution is -2.17. The molecule has 0 unspecified atom stereocenters. The lowest BCUT2D eigenvalue weighted by atomic mass is 9.83. The van der Waals surface area contributed by atoms with E-state index in [0.717, 1.165) is 29.0 Å². The minimum Gasteiger partial charge on any atom is -0.494 e. The third-order valence-electron chi connectivity index (χ3n) is 3.81. The third-order valence-corrected chi connectivity index (χ3v) is 3.81. The Hall–Kier alpha value is -1.97. The highest BCUT2D eigenvalue weighted by molar-refractivity contribution is 5.77. The van der Waals surface area contributed by atoms with Gasteiger partial charge in [0.25, 0.3) is 0 Å². The van der Waals surface area contributed by atoms with Crippen molar-refractivity contribution in [2.45, 2.75) is 39.5 Å². The molecule has 20 heavy (non-hydrogen) atoms. The van der Waals surface area contributed by atoms with Gasteiger partial charge in [-0.2, -0.15) is 5.10 Å². The first-order valence-electron chi connectivity index (χ1n) is 7.07. The van der Waals surface area contributed by atoms with Crippen LogP contribution in [0.5, 0.6) is 5.75 Å². The summed E-state index contributed by atoms with van der Waals surface area (Å²) in [6.07, 6.45) is 1.01. The minimum absolute atomic E-state index is 0.0124. The zero-order valence-electron chi connectivity index (χ0n) is 12.7. The van der Waals surface area contributed by atoms with E-state index in [2.05, 4.69) is 31.0 Å². The number of nitrogens with zero attached hydrogens (tertiary/aromatic N) is 1. The Morgan fingerprint density at radius 2 is 1.85 bits per heavy atom. The molecule has 0 saturated heterocycles. The molecule has 108 valence electrons. The number of nitrogens with one attached hydrogen (secondary N) is 1. The fourth-order valence-corrected chi connectivity index (χ4v) is 2.20. The van der Waals surface area contributed by atoms with Gasteiger partial charge in [0.2, 0.25) is 0 Å². The van der Waals surface area contributed by atoms with Crippen LogP contribution in [-0.2, 0) is 5.41 Å². The predicted octanol–water partition coefficient (Wildman–Crippen LogP) is 3.75. The van der Waals surface area contributed by atoms with E-state index in [4.69, 9.17) is 10.5 Å². The third kappa shape index (κ3) is 2.64. The number of H-pyrrole nitrogens is 1. The van der Waals surface area contributed by atoms with Crippen molar-refractivity contribution in [1.82, 2.24) is 10.2 Å². The number of aromatic amines is 1. The summed E-state index contributed by atoms with van der Waals surface area (Å²) in [5, 5.41) is 7.28. The minimum atomic E-state index is 0.0124. The number of anilines is 1. The molecule has 0 atom stereocenters. The number of hydrogen-bond acceptors (Lipinski definition) is 3. The maximum atomic E-state index is 6.05. The lowest BCUT2D eigenvalue weighted by molar-refractivity contribution is 0.340. The molecule has 3 N–H and O–H groups in total. The standard InChI is InChI=1S/C16H23N3O/c1-5-16(3,4)14-13(15(17)19-18-14)11-7-9-12(10-8-11)20-6-2/h7-10H,5-6H2,1-4H3,(H3,17,18,19). The molecule has 0 bridgehead atoms. The van der Waals surface area contributed by atoms with Crippen LogP contribution in [0.1, 0.15) is 39.8 Å². The maximum Gasteiger partial charge on any atom is 0.153 e. The van der Waals surface area contributed by atoms with E-state index in [9.17, 15) is 0 Å². The van der Waals surface area contributed by atoms with Crippen LogP contribution >= 0.6 is 0 Å². The smallest absolute Gasteiger partial charge is 0.153 e. The fourth-order valence-electron chi connectivity index (χ4n) is 2.20. The number of nitrogen functional groups attached to an aromatic ring is 1. The number of benzene rings is 1. The molecule has 0 aliphatic carbocycles. The van der Waals surface area contributed by atoms with Crippen LogP contribution in [0, 0.1) is 0 Å². The molecule has 0 amide bonds. The first kappa shape index (κ1) is 14.4. The molecule has 1 aromatic heterocycles. The molecule has 0 saturated carbocycles. The SMILES string of the molecule is CCOc1ccc(-c2c(N)n[nH]c2C(C)(C)CC)cc1. The molecule has 0 aliphatic heterocycles. The van der Waals surface area contributed by atoms with Gasteiger partial charge >= 0.3 is 0 Å². The quantitative estimate of drug-likeness (QED) is 0.872. The molecule has 1 aromatic carbocycles. The summed E-state index contributed by atoms with van der Waals surface area (Å²) in [4.78, 5) is 0.